The number of aliphatic hydroxyl groups is 3. The summed E-state index contributed by atoms with van der Waals surface area (Å²) in [4.78, 5) is 0. The van der Waals surface area contributed by atoms with Crippen LogP contribution in [0.15, 0.2) is 0 Å². The Morgan fingerprint density at radius 2 is 1.74 bits per heavy atom. The van der Waals surface area contributed by atoms with Crippen molar-refractivity contribution >= 4 is 0 Å². The summed E-state index contributed by atoms with van der Waals surface area (Å²) < 4.78 is 0. The highest BCUT2D eigenvalue weighted by Gasteiger charge is 2.60. The Morgan fingerprint density at radius 1 is 1.09 bits per heavy atom. The molecule has 3 nitrogen and oxygen atoms in total. The predicted molar refractivity (Wildman–Crippen MR) is 94.1 cm³/mol. The molecule has 0 aromatic carbocycles. The summed E-state index contributed by atoms with van der Waals surface area (Å²) in [6.07, 6.45) is 6.46. The van der Waals surface area contributed by atoms with Gasteiger partial charge in [-0.1, -0.05) is 40.5 Å². The van der Waals surface area contributed by atoms with Crippen LogP contribution < -0.4 is 0 Å². The van der Waals surface area contributed by atoms with E-state index in [4.69, 9.17) is 5.11 Å². The molecule has 6 atom stereocenters. The molecular weight excluding hydrogens is 288 g/mol. The fraction of sp³-hybridized carbons (Fsp3) is 1.00. The molecule has 0 aliphatic heterocycles. The predicted octanol–water partition coefficient (Wildman–Crippen LogP) is 3.75. The lowest BCUT2D eigenvalue weighted by atomic mass is 9.44. The molecule has 2 aliphatic rings. The molecule has 0 bridgehead atoms. The summed E-state index contributed by atoms with van der Waals surface area (Å²) in [5, 5.41) is 30.9. The Hall–Kier alpha value is -0.120. The van der Waals surface area contributed by atoms with Gasteiger partial charge in [0.15, 0.2) is 0 Å². The van der Waals surface area contributed by atoms with Gasteiger partial charge in [0, 0.05) is 6.61 Å². The zero-order valence-corrected chi connectivity index (χ0v) is 15.8. The van der Waals surface area contributed by atoms with Gasteiger partial charge in [-0.3, -0.25) is 0 Å². The van der Waals surface area contributed by atoms with Crippen molar-refractivity contribution < 1.29 is 15.3 Å². The highest BCUT2D eigenvalue weighted by Crippen LogP contribution is 2.63. The molecule has 0 unspecified atom stereocenters. The first-order valence-electron chi connectivity index (χ1n) is 9.57. The van der Waals surface area contributed by atoms with Gasteiger partial charge in [0.1, 0.15) is 0 Å². The number of aliphatic hydroxyl groups excluding tert-OH is 2. The molecule has 0 saturated heterocycles. The summed E-state index contributed by atoms with van der Waals surface area (Å²) in [5.74, 6) is 1.06. The second kappa shape index (κ2) is 6.65. The third-order valence-corrected chi connectivity index (χ3v) is 7.48. The maximum atomic E-state index is 11.1. The third kappa shape index (κ3) is 3.48. The summed E-state index contributed by atoms with van der Waals surface area (Å²) in [7, 11) is 0. The van der Waals surface area contributed by atoms with Crippen LogP contribution in [-0.2, 0) is 0 Å². The molecule has 3 heteroatoms. The van der Waals surface area contributed by atoms with Crippen molar-refractivity contribution in [1.82, 2.24) is 0 Å². The standard InChI is InChI=1S/C20H38O3/c1-14(9-12-21)7-8-15-19(4)11-6-10-18(2,3)16(19)13-17(22)20(15,5)23/h14-17,21-23H,6-13H2,1-5H3/t14-,15-,16+,17+,19-,20+/m1/s1. The number of hydrogen-bond acceptors (Lipinski definition) is 3. The van der Waals surface area contributed by atoms with Gasteiger partial charge in [-0.15, -0.1) is 0 Å². The van der Waals surface area contributed by atoms with Gasteiger partial charge in [0.05, 0.1) is 11.7 Å². The SMILES string of the molecule is C[C@@H](CCO)CC[C@H]1[C@](C)(O)[C@@H](O)C[C@H]2C(C)(C)CCC[C@@]21C. The molecule has 0 heterocycles. The Kier molecular flexibility index (Phi) is 5.55. The van der Waals surface area contributed by atoms with Crippen molar-refractivity contribution in [2.24, 2.45) is 28.6 Å². The number of fused-ring (bicyclic) bond motifs is 1. The van der Waals surface area contributed by atoms with E-state index in [1.165, 1.54) is 12.8 Å². The minimum absolute atomic E-state index is 0.101. The molecule has 0 aromatic heterocycles. The fourth-order valence-corrected chi connectivity index (χ4v) is 5.97. The van der Waals surface area contributed by atoms with Crippen molar-refractivity contribution in [2.75, 3.05) is 6.61 Å². The zero-order valence-electron chi connectivity index (χ0n) is 15.8. The topological polar surface area (TPSA) is 60.7 Å². The lowest BCUT2D eigenvalue weighted by molar-refractivity contribution is -0.221. The second-order valence-electron chi connectivity index (χ2n) is 9.63. The molecule has 2 fully saturated rings. The Labute approximate surface area is 142 Å². The number of rotatable bonds is 5. The minimum Gasteiger partial charge on any atom is -0.396 e. The molecule has 2 rings (SSSR count). The minimum atomic E-state index is -1.00. The first-order valence-corrected chi connectivity index (χ1v) is 9.57. The summed E-state index contributed by atoms with van der Waals surface area (Å²) in [6, 6.07) is 0. The Morgan fingerprint density at radius 3 is 2.35 bits per heavy atom. The average molecular weight is 327 g/mol. The first kappa shape index (κ1) is 19.2. The van der Waals surface area contributed by atoms with Crippen molar-refractivity contribution in [1.29, 1.82) is 0 Å². The first-order chi connectivity index (χ1) is 10.6. The van der Waals surface area contributed by atoms with E-state index in [1.54, 1.807) is 0 Å². The van der Waals surface area contributed by atoms with Gasteiger partial charge in [0.2, 0.25) is 0 Å². The van der Waals surface area contributed by atoms with E-state index in [9.17, 15) is 10.2 Å². The maximum absolute atomic E-state index is 11.1. The monoisotopic (exact) mass is 326 g/mol. The zero-order chi connectivity index (χ0) is 17.5. The van der Waals surface area contributed by atoms with Gasteiger partial charge in [-0.25, -0.2) is 0 Å². The van der Waals surface area contributed by atoms with E-state index < -0.39 is 11.7 Å². The van der Waals surface area contributed by atoms with E-state index in [2.05, 4.69) is 27.7 Å². The van der Waals surface area contributed by atoms with Crippen LogP contribution in [-0.4, -0.2) is 33.6 Å². The lowest BCUT2D eigenvalue weighted by Gasteiger charge is -2.62. The molecule has 136 valence electrons. The van der Waals surface area contributed by atoms with Crippen molar-refractivity contribution in [3.63, 3.8) is 0 Å². The highest BCUT2D eigenvalue weighted by atomic mass is 16.3. The summed E-state index contributed by atoms with van der Waals surface area (Å²) in [6.45, 7) is 11.3. The molecule has 0 amide bonds. The van der Waals surface area contributed by atoms with Crippen molar-refractivity contribution in [3.8, 4) is 0 Å². The largest absolute Gasteiger partial charge is 0.396 e. The number of hydrogen-bond donors (Lipinski definition) is 3. The van der Waals surface area contributed by atoms with Crippen LogP contribution in [0.25, 0.3) is 0 Å². The quantitative estimate of drug-likeness (QED) is 0.721. The van der Waals surface area contributed by atoms with Crippen LogP contribution in [0.3, 0.4) is 0 Å². The fourth-order valence-electron chi connectivity index (χ4n) is 5.97. The Balaban J connectivity index is 2.26. The van der Waals surface area contributed by atoms with Gasteiger partial charge >= 0.3 is 0 Å². The normalized spacial score (nSPS) is 44.6. The molecular formula is C20H38O3. The average Bonchev–Trinajstić information content (AvgIpc) is 2.41. The smallest absolute Gasteiger partial charge is 0.0910 e. The van der Waals surface area contributed by atoms with Gasteiger partial charge in [-0.05, 0) is 67.6 Å². The van der Waals surface area contributed by atoms with E-state index >= 15 is 0 Å². The second-order valence-corrected chi connectivity index (χ2v) is 9.63. The van der Waals surface area contributed by atoms with E-state index in [0.29, 0.717) is 11.8 Å². The summed E-state index contributed by atoms with van der Waals surface area (Å²) in [5.41, 5.74) is -0.666. The van der Waals surface area contributed by atoms with E-state index in [-0.39, 0.29) is 23.4 Å². The van der Waals surface area contributed by atoms with Crippen molar-refractivity contribution in [3.05, 3.63) is 0 Å². The van der Waals surface area contributed by atoms with Crippen LogP contribution in [0, 0.1) is 28.6 Å². The van der Waals surface area contributed by atoms with Gasteiger partial charge in [-0.2, -0.15) is 0 Å². The van der Waals surface area contributed by atoms with Gasteiger partial charge < -0.3 is 15.3 Å². The van der Waals surface area contributed by atoms with E-state index in [0.717, 1.165) is 32.1 Å². The van der Waals surface area contributed by atoms with Crippen LogP contribution in [0.4, 0.5) is 0 Å². The maximum Gasteiger partial charge on any atom is 0.0910 e. The molecule has 2 saturated carbocycles. The molecule has 0 spiro atoms. The molecule has 0 aromatic rings. The van der Waals surface area contributed by atoms with Crippen LogP contribution >= 0.6 is 0 Å². The van der Waals surface area contributed by atoms with Crippen LogP contribution in [0.5, 0.6) is 0 Å². The molecule has 2 aliphatic carbocycles. The summed E-state index contributed by atoms with van der Waals surface area (Å²) >= 11 is 0. The van der Waals surface area contributed by atoms with Crippen LogP contribution in [0.1, 0.15) is 79.6 Å². The Bertz CT molecular complexity index is 404. The van der Waals surface area contributed by atoms with E-state index in [1.807, 2.05) is 6.92 Å². The molecule has 3 N–H and O–H groups in total. The molecule has 0 radical (unpaired) electrons. The molecule has 23 heavy (non-hydrogen) atoms. The van der Waals surface area contributed by atoms with Crippen molar-refractivity contribution in [2.45, 2.75) is 91.3 Å². The lowest BCUT2D eigenvalue weighted by Crippen LogP contribution is -2.63. The van der Waals surface area contributed by atoms with Crippen LogP contribution in [0.2, 0.25) is 0 Å². The third-order valence-electron chi connectivity index (χ3n) is 7.48. The van der Waals surface area contributed by atoms with Gasteiger partial charge in [0.25, 0.3) is 0 Å². The highest BCUT2D eigenvalue weighted by molar-refractivity contribution is 5.10.